The van der Waals surface area contributed by atoms with E-state index in [-0.39, 0.29) is 12.5 Å². The molecule has 2 rings (SSSR count). The highest BCUT2D eigenvalue weighted by Gasteiger charge is 2.21. The summed E-state index contributed by atoms with van der Waals surface area (Å²) in [5.41, 5.74) is 0.775. The molecule has 1 aromatic heterocycles. The molecule has 0 unspecified atom stereocenters. The lowest BCUT2D eigenvalue weighted by Crippen LogP contribution is -2.35. The molecule has 5 heteroatoms. The molecule has 0 saturated carbocycles. The Bertz CT molecular complexity index is 428. The van der Waals surface area contributed by atoms with E-state index >= 15 is 0 Å². The van der Waals surface area contributed by atoms with Crippen molar-refractivity contribution in [3.8, 4) is 0 Å². The Morgan fingerprint density at radius 2 is 2.26 bits per heavy atom. The molecule has 0 atom stereocenters. The largest absolute Gasteiger partial charge is 0.396 e. The number of nitrogens with one attached hydrogen (secondary N) is 1. The summed E-state index contributed by atoms with van der Waals surface area (Å²) in [6.07, 6.45) is 4.14. The molecule has 1 aliphatic rings. The molecule has 1 amide bonds. The van der Waals surface area contributed by atoms with E-state index in [1.54, 1.807) is 6.20 Å². The molecule has 1 fully saturated rings. The number of aliphatic hydroxyl groups excluding tert-OH is 1. The van der Waals surface area contributed by atoms with Crippen molar-refractivity contribution in [3.63, 3.8) is 0 Å². The van der Waals surface area contributed by atoms with Gasteiger partial charge in [-0.3, -0.25) is 4.79 Å². The van der Waals surface area contributed by atoms with Crippen LogP contribution in [-0.2, 0) is 4.79 Å². The van der Waals surface area contributed by atoms with Crippen LogP contribution in [0.15, 0.2) is 18.3 Å². The molecular weight excluding hydrogens is 242 g/mol. The molecule has 5 nitrogen and oxygen atoms in total. The van der Waals surface area contributed by atoms with E-state index in [1.807, 2.05) is 19.1 Å². The van der Waals surface area contributed by atoms with Gasteiger partial charge in [0, 0.05) is 32.3 Å². The summed E-state index contributed by atoms with van der Waals surface area (Å²) in [7, 11) is 0. The zero-order valence-corrected chi connectivity index (χ0v) is 11.3. The Balaban J connectivity index is 2.09. The van der Waals surface area contributed by atoms with E-state index in [4.69, 9.17) is 5.11 Å². The molecule has 0 aromatic carbocycles. The standard InChI is InChI=1S/C14H21N3O2/c1-2-13(19)16-12-4-3-7-15-14(12)17-8-5-11(10-18)6-9-17/h3-4,7,11,18H,2,5-6,8-10H2,1H3,(H,16,19). The second-order valence-electron chi connectivity index (χ2n) is 4.89. The van der Waals surface area contributed by atoms with Crippen LogP contribution < -0.4 is 10.2 Å². The van der Waals surface area contributed by atoms with Gasteiger partial charge in [-0.2, -0.15) is 0 Å². The number of hydrogen-bond donors (Lipinski definition) is 2. The Kier molecular flexibility index (Phi) is 4.74. The highest BCUT2D eigenvalue weighted by molar-refractivity contribution is 5.93. The smallest absolute Gasteiger partial charge is 0.224 e. The van der Waals surface area contributed by atoms with Gasteiger partial charge in [0.25, 0.3) is 0 Å². The maximum absolute atomic E-state index is 11.5. The quantitative estimate of drug-likeness (QED) is 0.866. The number of hydrogen-bond acceptors (Lipinski definition) is 4. The van der Waals surface area contributed by atoms with Crippen LogP contribution in [0.1, 0.15) is 26.2 Å². The van der Waals surface area contributed by atoms with E-state index in [2.05, 4.69) is 15.2 Å². The fourth-order valence-electron chi connectivity index (χ4n) is 2.31. The lowest BCUT2D eigenvalue weighted by Gasteiger charge is -2.33. The Labute approximate surface area is 113 Å². The van der Waals surface area contributed by atoms with Crippen LogP contribution in [0.5, 0.6) is 0 Å². The molecule has 1 saturated heterocycles. The molecule has 1 aromatic rings. The normalized spacial score (nSPS) is 16.4. The number of rotatable bonds is 4. The summed E-state index contributed by atoms with van der Waals surface area (Å²) in [6.45, 7) is 3.84. The number of aromatic nitrogens is 1. The Morgan fingerprint density at radius 3 is 2.89 bits per heavy atom. The van der Waals surface area contributed by atoms with Gasteiger partial charge in [0.1, 0.15) is 0 Å². The minimum atomic E-state index is -0.000468. The molecule has 0 radical (unpaired) electrons. The highest BCUT2D eigenvalue weighted by Crippen LogP contribution is 2.27. The number of pyridine rings is 1. The molecule has 104 valence electrons. The summed E-state index contributed by atoms with van der Waals surface area (Å²) in [5.74, 6) is 1.23. The van der Waals surface area contributed by atoms with Gasteiger partial charge in [0.05, 0.1) is 5.69 Å². The van der Waals surface area contributed by atoms with E-state index in [1.165, 1.54) is 0 Å². The zero-order valence-electron chi connectivity index (χ0n) is 11.3. The molecule has 2 N–H and O–H groups in total. The van der Waals surface area contributed by atoms with Gasteiger partial charge in [-0.15, -0.1) is 0 Å². The Hall–Kier alpha value is -1.62. The van der Waals surface area contributed by atoms with Gasteiger partial charge in [-0.1, -0.05) is 6.92 Å². The van der Waals surface area contributed by atoms with Crippen molar-refractivity contribution in [2.24, 2.45) is 5.92 Å². The fourth-order valence-corrected chi connectivity index (χ4v) is 2.31. The second kappa shape index (κ2) is 6.52. The number of aliphatic hydroxyl groups is 1. The minimum Gasteiger partial charge on any atom is -0.396 e. The molecule has 19 heavy (non-hydrogen) atoms. The average Bonchev–Trinajstić information content (AvgIpc) is 2.48. The van der Waals surface area contributed by atoms with E-state index in [9.17, 15) is 4.79 Å². The minimum absolute atomic E-state index is 0.000468. The summed E-state index contributed by atoms with van der Waals surface area (Å²) < 4.78 is 0. The summed E-state index contributed by atoms with van der Waals surface area (Å²) in [4.78, 5) is 18.1. The topological polar surface area (TPSA) is 65.5 Å². The summed E-state index contributed by atoms with van der Waals surface area (Å²) >= 11 is 0. The van der Waals surface area contributed by atoms with Crippen molar-refractivity contribution in [2.45, 2.75) is 26.2 Å². The van der Waals surface area contributed by atoms with E-state index < -0.39 is 0 Å². The lowest BCUT2D eigenvalue weighted by atomic mass is 9.98. The van der Waals surface area contributed by atoms with E-state index in [0.29, 0.717) is 12.3 Å². The first-order chi connectivity index (χ1) is 9.24. The van der Waals surface area contributed by atoms with Gasteiger partial charge in [-0.25, -0.2) is 4.98 Å². The molecule has 0 aliphatic carbocycles. The van der Waals surface area contributed by atoms with Crippen LogP contribution in [0.2, 0.25) is 0 Å². The maximum Gasteiger partial charge on any atom is 0.224 e. The van der Waals surface area contributed by atoms with Crippen molar-refractivity contribution in [3.05, 3.63) is 18.3 Å². The molecular formula is C14H21N3O2. The Morgan fingerprint density at radius 1 is 1.53 bits per heavy atom. The van der Waals surface area contributed by atoms with Crippen LogP contribution in [-0.4, -0.2) is 35.7 Å². The summed E-state index contributed by atoms with van der Waals surface area (Å²) in [5, 5.41) is 12.1. The van der Waals surface area contributed by atoms with Crippen molar-refractivity contribution in [1.82, 2.24) is 4.98 Å². The first-order valence-corrected chi connectivity index (χ1v) is 6.85. The van der Waals surface area contributed by atoms with Crippen LogP contribution in [0.25, 0.3) is 0 Å². The zero-order chi connectivity index (χ0) is 13.7. The SMILES string of the molecule is CCC(=O)Nc1cccnc1N1CCC(CO)CC1. The molecule has 2 heterocycles. The van der Waals surface area contributed by atoms with Crippen LogP contribution in [0.3, 0.4) is 0 Å². The number of anilines is 2. The third-order valence-corrected chi connectivity index (χ3v) is 3.55. The molecule has 0 spiro atoms. The van der Waals surface area contributed by atoms with Gasteiger partial charge < -0.3 is 15.3 Å². The van der Waals surface area contributed by atoms with Crippen molar-refractivity contribution in [2.75, 3.05) is 29.9 Å². The molecule has 1 aliphatic heterocycles. The predicted molar refractivity (Wildman–Crippen MR) is 75.2 cm³/mol. The maximum atomic E-state index is 11.5. The third kappa shape index (κ3) is 3.44. The van der Waals surface area contributed by atoms with Crippen LogP contribution >= 0.6 is 0 Å². The number of carbonyl (C=O) groups is 1. The number of piperidine rings is 1. The van der Waals surface area contributed by atoms with Gasteiger partial charge in [-0.05, 0) is 30.9 Å². The number of amides is 1. The van der Waals surface area contributed by atoms with Crippen molar-refractivity contribution in [1.29, 1.82) is 0 Å². The average molecular weight is 263 g/mol. The van der Waals surface area contributed by atoms with Crippen LogP contribution in [0.4, 0.5) is 11.5 Å². The monoisotopic (exact) mass is 263 g/mol. The van der Waals surface area contributed by atoms with Gasteiger partial charge >= 0.3 is 0 Å². The first-order valence-electron chi connectivity index (χ1n) is 6.85. The number of carbonyl (C=O) groups excluding carboxylic acids is 1. The van der Waals surface area contributed by atoms with Gasteiger partial charge in [0.2, 0.25) is 5.91 Å². The van der Waals surface area contributed by atoms with E-state index in [0.717, 1.165) is 37.4 Å². The highest BCUT2D eigenvalue weighted by atomic mass is 16.3. The fraction of sp³-hybridized carbons (Fsp3) is 0.571. The van der Waals surface area contributed by atoms with Crippen molar-refractivity contribution >= 4 is 17.4 Å². The lowest BCUT2D eigenvalue weighted by molar-refractivity contribution is -0.115. The second-order valence-corrected chi connectivity index (χ2v) is 4.89. The first kappa shape index (κ1) is 13.8. The summed E-state index contributed by atoms with van der Waals surface area (Å²) in [6, 6.07) is 3.71. The third-order valence-electron chi connectivity index (χ3n) is 3.55. The predicted octanol–water partition coefficient (Wildman–Crippen LogP) is 1.64. The molecule has 0 bridgehead atoms. The van der Waals surface area contributed by atoms with Crippen LogP contribution in [0, 0.1) is 5.92 Å². The van der Waals surface area contributed by atoms with Gasteiger partial charge in [0.15, 0.2) is 5.82 Å². The number of nitrogens with zero attached hydrogens (tertiary/aromatic N) is 2. The van der Waals surface area contributed by atoms with Crippen molar-refractivity contribution < 1.29 is 9.90 Å².